The second kappa shape index (κ2) is 8.56. The molecule has 0 aromatic heterocycles. The lowest BCUT2D eigenvalue weighted by atomic mass is 10.00. The van der Waals surface area contributed by atoms with Crippen LogP contribution in [0, 0.1) is 0 Å². The lowest BCUT2D eigenvalue weighted by Crippen LogP contribution is -2.65. The number of alkyl halides is 1. The maximum absolute atomic E-state index is 12.6. The first-order valence-electron chi connectivity index (χ1n) is 8.04. The number of nitrogens with one attached hydrogen (secondary N) is 2. The molecule has 1 saturated heterocycles. The number of rotatable bonds is 5. The smallest absolute Gasteiger partial charge is 0.212 e. The molecule has 0 aliphatic carbocycles. The predicted molar refractivity (Wildman–Crippen MR) is 100 cm³/mol. The molecule has 0 spiro atoms. The topological polar surface area (TPSA) is 85.4 Å². The molecule has 0 saturated carbocycles. The van der Waals surface area contributed by atoms with Crippen LogP contribution in [0.15, 0.2) is 60.7 Å². The van der Waals surface area contributed by atoms with Crippen LogP contribution in [0.4, 0.5) is 0 Å². The summed E-state index contributed by atoms with van der Waals surface area (Å²) in [7, 11) is 1.74. The van der Waals surface area contributed by atoms with E-state index >= 15 is 0 Å². The summed E-state index contributed by atoms with van der Waals surface area (Å²) in [6.07, 6.45) is 0.0848. The van der Waals surface area contributed by atoms with Gasteiger partial charge in [-0.25, -0.2) is 0 Å². The fourth-order valence-corrected chi connectivity index (χ4v) is 3.19. The number of likely N-dealkylation sites (N-methyl/N-ethyl adjacent to an activating group) is 1. The minimum Gasteiger partial charge on any atom is -0.344 e. The van der Waals surface area contributed by atoms with Gasteiger partial charge in [0, 0.05) is 12.1 Å². The number of hydrogen-bond acceptors (Lipinski definition) is 5. The van der Waals surface area contributed by atoms with Crippen LogP contribution in [0.5, 0.6) is 0 Å². The van der Waals surface area contributed by atoms with E-state index in [9.17, 15) is 4.79 Å². The Morgan fingerprint density at radius 2 is 1.80 bits per heavy atom. The summed E-state index contributed by atoms with van der Waals surface area (Å²) in [4.78, 5) is 12.6. The molecular formula is C19H24ClN3O2. The fourth-order valence-electron chi connectivity index (χ4n) is 2.93. The molecule has 1 heterocycles. The van der Waals surface area contributed by atoms with E-state index in [-0.39, 0.29) is 18.0 Å². The highest BCUT2D eigenvalue weighted by atomic mass is 35.5. The maximum atomic E-state index is 12.6. The third kappa shape index (κ3) is 4.45. The lowest BCUT2D eigenvalue weighted by Gasteiger charge is -2.42. The van der Waals surface area contributed by atoms with Gasteiger partial charge in [-0.3, -0.25) is 10.1 Å². The van der Waals surface area contributed by atoms with Crippen LogP contribution in [-0.4, -0.2) is 36.7 Å². The van der Waals surface area contributed by atoms with Crippen LogP contribution in [0.1, 0.15) is 15.9 Å². The minimum atomic E-state index is -1.14. The van der Waals surface area contributed by atoms with E-state index in [4.69, 9.17) is 16.3 Å². The summed E-state index contributed by atoms with van der Waals surface area (Å²) in [5.41, 5.74) is 1.78. The van der Waals surface area contributed by atoms with Crippen molar-refractivity contribution in [1.29, 1.82) is 0 Å². The maximum Gasteiger partial charge on any atom is 0.212 e. The van der Waals surface area contributed by atoms with E-state index in [1.165, 1.54) is 0 Å². The van der Waals surface area contributed by atoms with Crippen molar-refractivity contribution in [2.45, 2.75) is 23.8 Å². The van der Waals surface area contributed by atoms with Crippen molar-refractivity contribution >= 4 is 17.4 Å². The van der Waals surface area contributed by atoms with Gasteiger partial charge in [-0.15, -0.1) is 0 Å². The number of ketones is 1. The van der Waals surface area contributed by atoms with Crippen molar-refractivity contribution in [3.8, 4) is 0 Å². The zero-order chi connectivity index (χ0) is 17.0. The van der Waals surface area contributed by atoms with E-state index in [0.717, 1.165) is 5.56 Å². The molecule has 25 heavy (non-hydrogen) atoms. The summed E-state index contributed by atoms with van der Waals surface area (Å²) in [5.74, 6) is -0.0680. The Kier molecular flexibility index (Phi) is 6.70. The van der Waals surface area contributed by atoms with Crippen molar-refractivity contribution < 1.29 is 9.53 Å². The number of morpholine rings is 1. The molecule has 2 aromatic rings. The van der Waals surface area contributed by atoms with Gasteiger partial charge >= 0.3 is 0 Å². The van der Waals surface area contributed by atoms with Crippen molar-refractivity contribution in [2.75, 3.05) is 13.6 Å². The van der Waals surface area contributed by atoms with Gasteiger partial charge in [0.2, 0.25) is 5.18 Å². The van der Waals surface area contributed by atoms with E-state index in [2.05, 4.69) is 22.8 Å². The number of Topliss-reactive ketones (excluding diaryl/α,β-unsaturated/α-hetero) is 1. The first-order valence-corrected chi connectivity index (χ1v) is 8.42. The van der Waals surface area contributed by atoms with Crippen LogP contribution < -0.4 is 16.8 Å². The lowest BCUT2D eigenvalue weighted by molar-refractivity contribution is -0.0890. The third-order valence-corrected chi connectivity index (χ3v) is 4.83. The number of halogens is 1. The van der Waals surface area contributed by atoms with Gasteiger partial charge in [-0.05, 0) is 19.0 Å². The number of carbonyl (C=O) groups excluding carboxylic acids is 1. The molecule has 5 N–H and O–H groups in total. The molecule has 3 atom stereocenters. The Hall–Kier alpha value is -1.76. The SMILES string of the molecule is CNC1(Cl)OC(C(=O)c2ccccc2)CNC1Cc1ccccc1.N. The van der Waals surface area contributed by atoms with Crippen molar-refractivity contribution in [3.05, 3.63) is 71.8 Å². The second-order valence-corrected chi connectivity index (χ2v) is 6.44. The molecule has 0 amide bonds. The molecule has 0 bridgehead atoms. The van der Waals surface area contributed by atoms with Gasteiger partial charge in [0.1, 0.15) is 6.10 Å². The van der Waals surface area contributed by atoms with Crippen LogP contribution >= 0.6 is 11.6 Å². The zero-order valence-electron chi connectivity index (χ0n) is 14.2. The van der Waals surface area contributed by atoms with Gasteiger partial charge in [0.15, 0.2) is 5.78 Å². The van der Waals surface area contributed by atoms with Gasteiger partial charge in [-0.2, -0.15) is 0 Å². The summed E-state index contributed by atoms with van der Waals surface area (Å²) < 4.78 is 5.97. The minimum absolute atomic E-state index is 0. The molecule has 0 radical (unpaired) electrons. The summed E-state index contributed by atoms with van der Waals surface area (Å²) in [6, 6.07) is 19.1. The molecule has 1 aliphatic rings. The van der Waals surface area contributed by atoms with Crippen molar-refractivity contribution in [3.63, 3.8) is 0 Å². The fraction of sp³-hybridized carbons (Fsp3) is 0.316. The highest BCUT2D eigenvalue weighted by Gasteiger charge is 2.44. The second-order valence-electron chi connectivity index (χ2n) is 5.88. The van der Waals surface area contributed by atoms with Gasteiger partial charge in [0.25, 0.3) is 0 Å². The molecule has 1 aliphatic heterocycles. The normalized spacial score (nSPS) is 25.8. The largest absolute Gasteiger partial charge is 0.344 e. The van der Waals surface area contributed by atoms with Crippen LogP contribution in [-0.2, 0) is 11.2 Å². The summed E-state index contributed by atoms with van der Waals surface area (Å²) in [6.45, 7) is 0.432. The predicted octanol–water partition coefficient (Wildman–Crippen LogP) is 2.74. The number of hydrogen-bond donors (Lipinski definition) is 3. The van der Waals surface area contributed by atoms with Crippen LogP contribution in [0.25, 0.3) is 0 Å². The Morgan fingerprint density at radius 3 is 2.40 bits per heavy atom. The Bertz CT molecular complexity index is 684. The molecule has 5 nitrogen and oxygen atoms in total. The van der Waals surface area contributed by atoms with Crippen molar-refractivity contribution in [2.24, 2.45) is 0 Å². The van der Waals surface area contributed by atoms with Gasteiger partial charge in [-0.1, -0.05) is 72.3 Å². The van der Waals surface area contributed by atoms with Crippen molar-refractivity contribution in [1.82, 2.24) is 16.8 Å². The van der Waals surface area contributed by atoms with Crippen LogP contribution in [0.2, 0.25) is 0 Å². The molecule has 2 aromatic carbocycles. The van der Waals surface area contributed by atoms with Gasteiger partial charge in [0.05, 0.1) is 6.04 Å². The molecule has 1 fully saturated rings. The highest BCUT2D eigenvalue weighted by Crippen LogP contribution is 2.28. The Balaban J connectivity index is 0.00000225. The van der Waals surface area contributed by atoms with Crippen LogP contribution in [0.3, 0.4) is 0 Å². The Morgan fingerprint density at radius 1 is 1.20 bits per heavy atom. The first kappa shape index (κ1) is 19.6. The molecule has 6 heteroatoms. The highest BCUT2D eigenvalue weighted by molar-refractivity contribution is 6.23. The van der Waals surface area contributed by atoms with E-state index in [1.54, 1.807) is 19.2 Å². The molecule has 134 valence electrons. The Labute approximate surface area is 153 Å². The standard InChI is InChI=1S/C19H21ClN2O2.H3N/c1-21-19(20)17(12-14-8-4-2-5-9-14)22-13-16(24-19)18(23)15-10-6-3-7-11-15;/h2-11,16-17,21-22H,12-13H2,1H3;1H3. The number of carbonyl (C=O) groups is 1. The zero-order valence-corrected chi connectivity index (χ0v) is 15.0. The first-order chi connectivity index (χ1) is 11.6. The average molecular weight is 362 g/mol. The number of benzene rings is 2. The summed E-state index contributed by atoms with van der Waals surface area (Å²) >= 11 is 6.65. The molecule has 3 rings (SSSR count). The molecule has 3 unspecified atom stereocenters. The average Bonchev–Trinajstić information content (AvgIpc) is 2.64. The van der Waals surface area contributed by atoms with E-state index < -0.39 is 11.3 Å². The van der Waals surface area contributed by atoms with Gasteiger partial charge < -0.3 is 16.2 Å². The quantitative estimate of drug-likeness (QED) is 0.433. The monoisotopic (exact) mass is 361 g/mol. The number of ether oxygens (including phenoxy) is 1. The van der Waals surface area contributed by atoms with E-state index in [1.807, 2.05) is 36.4 Å². The molecular weight excluding hydrogens is 338 g/mol. The van der Waals surface area contributed by atoms with E-state index in [0.29, 0.717) is 18.5 Å². The third-order valence-electron chi connectivity index (χ3n) is 4.29. The summed E-state index contributed by atoms with van der Waals surface area (Å²) in [5, 5.41) is 5.25.